The van der Waals surface area contributed by atoms with Gasteiger partial charge in [0.05, 0.1) is 5.52 Å². The molecule has 26 heavy (non-hydrogen) atoms. The van der Waals surface area contributed by atoms with Crippen molar-refractivity contribution in [1.82, 2.24) is 9.97 Å². The monoisotopic (exact) mass is 354 g/mol. The fraction of sp³-hybridized carbons (Fsp3) is 0.300. The Balaban J connectivity index is 1.62. The minimum absolute atomic E-state index is 0.400. The first-order valence-corrected chi connectivity index (χ1v) is 8.87. The number of para-hydroxylation sites is 1. The largest absolute Gasteiger partial charge is 0.372 e. The van der Waals surface area contributed by atoms with Gasteiger partial charge in [0.1, 0.15) is 5.82 Å². The Labute approximate surface area is 150 Å². The maximum absolute atomic E-state index is 13.1. The number of anilines is 3. The Morgan fingerprint density at radius 3 is 2.35 bits per heavy atom. The molecule has 0 bridgehead atoms. The Hall–Kier alpha value is -2.76. The summed E-state index contributed by atoms with van der Waals surface area (Å²) in [5, 5.41) is 3.89. The predicted molar refractivity (Wildman–Crippen MR) is 100 cm³/mol. The molecule has 1 aromatic heterocycles. The van der Waals surface area contributed by atoms with E-state index in [-0.39, 0.29) is 0 Å². The van der Waals surface area contributed by atoms with Gasteiger partial charge in [0.25, 0.3) is 6.43 Å². The molecule has 4 nitrogen and oxygen atoms in total. The normalized spacial score (nSPS) is 14.8. The van der Waals surface area contributed by atoms with Gasteiger partial charge in [0, 0.05) is 29.9 Å². The zero-order valence-electron chi connectivity index (χ0n) is 14.3. The van der Waals surface area contributed by atoms with Crippen LogP contribution in [0.1, 0.15) is 31.5 Å². The Bertz CT molecular complexity index is 890. The molecule has 1 aliphatic rings. The minimum Gasteiger partial charge on any atom is -0.372 e. The molecule has 1 saturated heterocycles. The summed E-state index contributed by atoms with van der Waals surface area (Å²) in [5.74, 6) is -0.0623. The van der Waals surface area contributed by atoms with E-state index < -0.39 is 12.2 Å². The van der Waals surface area contributed by atoms with Crippen LogP contribution in [-0.2, 0) is 0 Å². The highest BCUT2D eigenvalue weighted by molar-refractivity contribution is 5.90. The molecule has 0 radical (unpaired) electrons. The first-order valence-electron chi connectivity index (χ1n) is 8.87. The third-order valence-electron chi connectivity index (χ3n) is 4.67. The zero-order valence-corrected chi connectivity index (χ0v) is 14.3. The number of halogens is 2. The van der Waals surface area contributed by atoms with Gasteiger partial charge in [-0.3, -0.25) is 0 Å². The standard InChI is InChI=1S/C20H20F2N4/c21-18(22)20-24-17-7-3-2-6-16(17)19(25-20)23-14-8-10-15(11-9-14)26-12-4-1-5-13-26/h2-3,6-11,18H,1,4-5,12-13H2,(H,23,24,25). The number of benzene rings is 2. The maximum atomic E-state index is 13.1. The minimum atomic E-state index is -2.71. The van der Waals surface area contributed by atoms with E-state index in [1.807, 2.05) is 24.3 Å². The van der Waals surface area contributed by atoms with Crippen molar-refractivity contribution in [3.8, 4) is 0 Å². The van der Waals surface area contributed by atoms with E-state index in [1.165, 1.54) is 24.9 Å². The van der Waals surface area contributed by atoms with Crippen LogP contribution in [0.3, 0.4) is 0 Å². The van der Waals surface area contributed by atoms with Crippen LogP contribution in [0, 0.1) is 0 Å². The van der Waals surface area contributed by atoms with Crippen molar-refractivity contribution in [2.24, 2.45) is 0 Å². The summed E-state index contributed by atoms with van der Waals surface area (Å²) in [4.78, 5) is 10.3. The van der Waals surface area contributed by atoms with Crippen molar-refractivity contribution in [1.29, 1.82) is 0 Å². The molecule has 4 rings (SSSR count). The van der Waals surface area contributed by atoms with Crippen LogP contribution >= 0.6 is 0 Å². The molecule has 1 fully saturated rings. The highest BCUT2D eigenvalue weighted by Crippen LogP contribution is 2.28. The Morgan fingerprint density at radius 2 is 1.62 bits per heavy atom. The first kappa shape index (κ1) is 16.7. The molecule has 1 N–H and O–H groups in total. The fourth-order valence-corrected chi connectivity index (χ4v) is 3.33. The number of nitrogens with one attached hydrogen (secondary N) is 1. The van der Waals surface area contributed by atoms with Crippen molar-refractivity contribution in [2.75, 3.05) is 23.3 Å². The second-order valence-electron chi connectivity index (χ2n) is 6.47. The third kappa shape index (κ3) is 3.45. The topological polar surface area (TPSA) is 41.1 Å². The molecule has 134 valence electrons. The van der Waals surface area contributed by atoms with Gasteiger partial charge < -0.3 is 10.2 Å². The van der Waals surface area contributed by atoms with E-state index >= 15 is 0 Å². The number of fused-ring (bicyclic) bond motifs is 1. The number of rotatable bonds is 4. The molecule has 2 aromatic carbocycles. The highest BCUT2D eigenvalue weighted by atomic mass is 19.3. The SMILES string of the molecule is FC(F)c1nc(Nc2ccc(N3CCCCC3)cc2)c2ccccc2n1. The van der Waals surface area contributed by atoms with Crippen molar-refractivity contribution < 1.29 is 8.78 Å². The molecule has 1 aliphatic heterocycles. The molecular weight excluding hydrogens is 334 g/mol. The lowest BCUT2D eigenvalue weighted by atomic mass is 10.1. The summed E-state index contributed by atoms with van der Waals surface area (Å²) >= 11 is 0. The molecule has 0 unspecified atom stereocenters. The van der Waals surface area contributed by atoms with Crippen LogP contribution < -0.4 is 10.2 Å². The quantitative estimate of drug-likeness (QED) is 0.690. The van der Waals surface area contributed by atoms with E-state index in [4.69, 9.17) is 0 Å². The fourth-order valence-electron chi connectivity index (χ4n) is 3.33. The van der Waals surface area contributed by atoms with Crippen molar-refractivity contribution in [3.05, 3.63) is 54.4 Å². The number of hydrogen-bond donors (Lipinski definition) is 1. The molecule has 2 heterocycles. The third-order valence-corrected chi connectivity index (χ3v) is 4.67. The molecule has 0 amide bonds. The van der Waals surface area contributed by atoms with E-state index in [0.29, 0.717) is 11.3 Å². The average Bonchev–Trinajstić information content (AvgIpc) is 2.69. The van der Waals surface area contributed by atoms with Crippen LogP contribution in [0.5, 0.6) is 0 Å². The summed E-state index contributed by atoms with van der Waals surface area (Å²) in [5.41, 5.74) is 2.51. The van der Waals surface area contributed by atoms with E-state index in [1.54, 1.807) is 12.1 Å². The molecule has 3 aromatic rings. The summed E-state index contributed by atoms with van der Waals surface area (Å²) in [6.07, 6.45) is 1.04. The molecule has 6 heteroatoms. The summed E-state index contributed by atoms with van der Waals surface area (Å²) in [7, 11) is 0. The van der Waals surface area contributed by atoms with Gasteiger partial charge in [-0.2, -0.15) is 0 Å². The van der Waals surface area contributed by atoms with Crippen molar-refractivity contribution >= 4 is 28.1 Å². The van der Waals surface area contributed by atoms with Crippen LogP contribution in [-0.4, -0.2) is 23.1 Å². The van der Waals surface area contributed by atoms with E-state index in [0.717, 1.165) is 24.2 Å². The lowest BCUT2D eigenvalue weighted by molar-refractivity contribution is 0.141. The maximum Gasteiger partial charge on any atom is 0.297 e. The highest BCUT2D eigenvalue weighted by Gasteiger charge is 2.15. The van der Waals surface area contributed by atoms with Crippen LogP contribution in [0.2, 0.25) is 0 Å². The van der Waals surface area contributed by atoms with Gasteiger partial charge in [-0.1, -0.05) is 12.1 Å². The van der Waals surface area contributed by atoms with Gasteiger partial charge in [-0.15, -0.1) is 0 Å². The van der Waals surface area contributed by atoms with Gasteiger partial charge in [0.15, 0.2) is 5.82 Å². The zero-order chi connectivity index (χ0) is 17.9. The number of hydrogen-bond acceptors (Lipinski definition) is 4. The van der Waals surface area contributed by atoms with Gasteiger partial charge in [-0.05, 0) is 55.7 Å². The Kier molecular flexibility index (Phi) is 4.65. The summed E-state index contributed by atoms with van der Waals surface area (Å²) < 4.78 is 26.2. The van der Waals surface area contributed by atoms with Crippen LogP contribution in [0.4, 0.5) is 26.0 Å². The summed E-state index contributed by atoms with van der Waals surface area (Å²) in [6, 6.07) is 15.2. The van der Waals surface area contributed by atoms with Crippen LogP contribution in [0.15, 0.2) is 48.5 Å². The molecule has 0 spiro atoms. The van der Waals surface area contributed by atoms with Gasteiger partial charge in [0.2, 0.25) is 0 Å². The smallest absolute Gasteiger partial charge is 0.297 e. The number of aromatic nitrogens is 2. The van der Waals surface area contributed by atoms with Crippen molar-refractivity contribution in [2.45, 2.75) is 25.7 Å². The second kappa shape index (κ2) is 7.23. The lowest BCUT2D eigenvalue weighted by Gasteiger charge is -2.28. The number of nitrogens with zero attached hydrogens (tertiary/aromatic N) is 3. The van der Waals surface area contributed by atoms with Crippen molar-refractivity contribution in [3.63, 3.8) is 0 Å². The average molecular weight is 354 g/mol. The van der Waals surface area contributed by atoms with E-state index in [2.05, 4.69) is 32.3 Å². The van der Waals surface area contributed by atoms with E-state index in [9.17, 15) is 8.78 Å². The number of alkyl halides is 2. The molecule has 0 saturated carbocycles. The molecular formula is C20H20F2N4. The molecule has 0 atom stereocenters. The first-order chi connectivity index (χ1) is 12.7. The Morgan fingerprint density at radius 1 is 0.885 bits per heavy atom. The second-order valence-corrected chi connectivity index (χ2v) is 6.47. The predicted octanol–water partition coefficient (Wildman–Crippen LogP) is 5.30. The van der Waals surface area contributed by atoms with Crippen LogP contribution in [0.25, 0.3) is 10.9 Å². The number of piperidine rings is 1. The molecule has 0 aliphatic carbocycles. The van der Waals surface area contributed by atoms with Gasteiger partial charge >= 0.3 is 0 Å². The summed E-state index contributed by atoms with van der Waals surface area (Å²) in [6.45, 7) is 2.17. The van der Waals surface area contributed by atoms with Gasteiger partial charge in [-0.25, -0.2) is 18.7 Å². The lowest BCUT2D eigenvalue weighted by Crippen LogP contribution is -2.29.